The standard InChI is InChI=1S/C10H10ClFN2O/c11-6-2-1-3-7(12)9(6)5-4-8(5)14-10(13)15/h1-3,5,8H,4H2,(H3,13,14,15)/t5-,8-/m1/s1. The summed E-state index contributed by atoms with van der Waals surface area (Å²) in [5, 5.41) is 2.93. The van der Waals surface area contributed by atoms with Crippen molar-refractivity contribution in [3.63, 3.8) is 0 Å². The van der Waals surface area contributed by atoms with Crippen LogP contribution in [0, 0.1) is 5.82 Å². The third-order valence-electron chi connectivity index (χ3n) is 2.49. The van der Waals surface area contributed by atoms with Crippen LogP contribution in [-0.4, -0.2) is 12.1 Å². The molecule has 0 heterocycles. The maximum absolute atomic E-state index is 13.4. The van der Waals surface area contributed by atoms with E-state index in [0.29, 0.717) is 17.0 Å². The number of nitrogens with two attached hydrogens (primary N) is 1. The van der Waals surface area contributed by atoms with Crippen molar-refractivity contribution >= 4 is 17.6 Å². The number of halogens is 2. The second-order valence-electron chi connectivity index (χ2n) is 3.59. The number of nitrogens with one attached hydrogen (secondary N) is 1. The van der Waals surface area contributed by atoms with Gasteiger partial charge in [0.2, 0.25) is 0 Å². The fourth-order valence-corrected chi connectivity index (χ4v) is 2.02. The topological polar surface area (TPSA) is 55.1 Å². The SMILES string of the molecule is NC(=O)N[C@@H]1C[C@H]1c1c(F)cccc1Cl. The van der Waals surface area contributed by atoms with Gasteiger partial charge < -0.3 is 11.1 Å². The number of carbonyl (C=O) groups excluding carboxylic acids is 1. The molecule has 2 rings (SSSR count). The summed E-state index contributed by atoms with van der Waals surface area (Å²) in [7, 11) is 0. The molecule has 1 aromatic rings. The molecule has 1 aliphatic rings. The lowest BCUT2D eigenvalue weighted by Gasteiger charge is -2.05. The Morgan fingerprint density at radius 2 is 2.33 bits per heavy atom. The van der Waals surface area contributed by atoms with Crippen LogP contribution in [0.3, 0.4) is 0 Å². The summed E-state index contributed by atoms with van der Waals surface area (Å²) in [6.07, 6.45) is 0.684. The van der Waals surface area contributed by atoms with E-state index in [1.165, 1.54) is 6.07 Å². The van der Waals surface area contributed by atoms with Crippen LogP contribution in [0.5, 0.6) is 0 Å². The van der Waals surface area contributed by atoms with Gasteiger partial charge >= 0.3 is 6.03 Å². The molecule has 0 unspecified atom stereocenters. The number of hydrogen-bond donors (Lipinski definition) is 2. The predicted octanol–water partition coefficient (Wildman–Crippen LogP) is 2.00. The minimum absolute atomic E-state index is 0.0498. The van der Waals surface area contributed by atoms with Crippen LogP contribution in [0.4, 0.5) is 9.18 Å². The van der Waals surface area contributed by atoms with E-state index >= 15 is 0 Å². The Hall–Kier alpha value is -1.29. The number of primary amides is 1. The predicted molar refractivity (Wildman–Crippen MR) is 55.3 cm³/mol. The van der Waals surface area contributed by atoms with Gasteiger partial charge in [-0.25, -0.2) is 9.18 Å². The summed E-state index contributed by atoms with van der Waals surface area (Å²) in [4.78, 5) is 10.6. The maximum atomic E-state index is 13.4. The molecule has 80 valence electrons. The molecule has 0 bridgehead atoms. The number of urea groups is 1. The number of hydrogen-bond acceptors (Lipinski definition) is 1. The average molecular weight is 229 g/mol. The van der Waals surface area contributed by atoms with Crippen molar-refractivity contribution < 1.29 is 9.18 Å². The summed E-state index contributed by atoms with van der Waals surface area (Å²) in [6, 6.07) is 3.88. The number of carbonyl (C=O) groups is 1. The van der Waals surface area contributed by atoms with Crippen LogP contribution >= 0.6 is 11.6 Å². The lowest BCUT2D eigenvalue weighted by Crippen LogP contribution is -2.31. The van der Waals surface area contributed by atoms with Crippen molar-refractivity contribution in [3.8, 4) is 0 Å². The van der Waals surface area contributed by atoms with E-state index in [1.54, 1.807) is 12.1 Å². The molecule has 0 aromatic heterocycles. The molecule has 5 heteroatoms. The normalized spacial score (nSPS) is 23.6. The average Bonchev–Trinajstić information content (AvgIpc) is 2.82. The van der Waals surface area contributed by atoms with Gasteiger partial charge in [0.15, 0.2) is 0 Å². The van der Waals surface area contributed by atoms with Crippen LogP contribution in [0.2, 0.25) is 5.02 Å². The van der Waals surface area contributed by atoms with Crippen molar-refractivity contribution in [2.45, 2.75) is 18.4 Å². The van der Waals surface area contributed by atoms with E-state index in [0.717, 1.165) is 0 Å². The molecular weight excluding hydrogens is 219 g/mol. The Bertz CT molecular complexity index is 390. The molecule has 0 saturated heterocycles. The van der Waals surface area contributed by atoms with Crippen LogP contribution in [0.1, 0.15) is 17.9 Å². The largest absolute Gasteiger partial charge is 0.352 e. The Morgan fingerprint density at radius 3 is 2.93 bits per heavy atom. The monoisotopic (exact) mass is 228 g/mol. The highest BCUT2D eigenvalue weighted by molar-refractivity contribution is 6.31. The molecule has 1 aromatic carbocycles. The van der Waals surface area contributed by atoms with E-state index in [-0.39, 0.29) is 17.8 Å². The molecule has 2 atom stereocenters. The number of rotatable bonds is 2. The van der Waals surface area contributed by atoms with Gasteiger partial charge in [-0.1, -0.05) is 17.7 Å². The number of amides is 2. The minimum Gasteiger partial charge on any atom is -0.352 e. The summed E-state index contributed by atoms with van der Waals surface area (Å²) < 4.78 is 13.4. The van der Waals surface area contributed by atoms with Gasteiger partial charge in [0.05, 0.1) is 0 Å². The maximum Gasteiger partial charge on any atom is 0.312 e. The van der Waals surface area contributed by atoms with E-state index < -0.39 is 6.03 Å². The third-order valence-corrected chi connectivity index (χ3v) is 2.82. The Balaban J connectivity index is 2.16. The summed E-state index contributed by atoms with van der Waals surface area (Å²) in [6.45, 7) is 0. The lowest BCUT2D eigenvalue weighted by molar-refractivity contribution is 0.248. The fourth-order valence-electron chi connectivity index (χ4n) is 1.72. The van der Waals surface area contributed by atoms with Crippen LogP contribution in [0.25, 0.3) is 0 Å². The van der Waals surface area contributed by atoms with E-state index in [2.05, 4.69) is 5.32 Å². The van der Waals surface area contributed by atoms with E-state index in [9.17, 15) is 9.18 Å². The molecule has 1 saturated carbocycles. The molecule has 3 N–H and O–H groups in total. The molecular formula is C10H10ClFN2O. The zero-order chi connectivity index (χ0) is 11.0. The first-order valence-corrected chi connectivity index (χ1v) is 4.97. The van der Waals surface area contributed by atoms with Crippen molar-refractivity contribution in [1.29, 1.82) is 0 Å². The van der Waals surface area contributed by atoms with Gasteiger partial charge in [-0.05, 0) is 18.6 Å². The fraction of sp³-hybridized carbons (Fsp3) is 0.300. The molecule has 2 amide bonds. The molecule has 1 fully saturated rings. The Kier molecular flexibility index (Phi) is 2.52. The van der Waals surface area contributed by atoms with Crippen LogP contribution in [-0.2, 0) is 0 Å². The van der Waals surface area contributed by atoms with Crippen LogP contribution < -0.4 is 11.1 Å². The van der Waals surface area contributed by atoms with Gasteiger partial charge in [-0.3, -0.25) is 0 Å². The van der Waals surface area contributed by atoms with E-state index in [4.69, 9.17) is 17.3 Å². The van der Waals surface area contributed by atoms with E-state index in [1.807, 2.05) is 0 Å². The molecule has 0 radical (unpaired) electrons. The van der Waals surface area contributed by atoms with Gasteiger partial charge in [-0.2, -0.15) is 0 Å². The van der Waals surface area contributed by atoms with Crippen molar-refractivity contribution in [2.24, 2.45) is 5.73 Å². The minimum atomic E-state index is -0.588. The molecule has 1 aliphatic carbocycles. The number of benzene rings is 1. The lowest BCUT2D eigenvalue weighted by atomic mass is 10.1. The molecule has 15 heavy (non-hydrogen) atoms. The van der Waals surface area contributed by atoms with Crippen molar-refractivity contribution in [3.05, 3.63) is 34.6 Å². The first-order chi connectivity index (χ1) is 7.09. The van der Waals surface area contributed by atoms with Gasteiger partial charge in [0.25, 0.3) is 0 Å². The third kappa shape index (κ3) is 2.04. The smallest absolute Gasteiger partial charge is 0.312 e. The highest BCUT2D eigenvalue weighted by Crippen LogP contribution is 2.44. The Labute approximate surface area is 91.4 Å². The van der Waals surface area contributed by atoms with Crippen molar-refractivity contribution in [1.82, 2.24) is 5.32 Å². The highest BCUT2D eigenvalue weighted by Gasteiger charge is 2.41. The molecule has 3 nitrogen and oxygen atoms in total. The van der Waals surface area contributed by atoms with Gasteiger partial charge in [0.1, 0.15) is 5.82 Å². The second-order valence-corrected chi connectivity index (χ2v) is 4.00. The molecule has 0 aliphatic heterocycles. The first kappa shape index (κ1) is 10.2. The first-order valence-electron chi connectivity index (χ1n) is 4.59. The van der Waals surface area contributed by atoms with Crippen LogP contribution in [0.15, 0.2) is 18.2 Å². The van der Waals surface area contributed by atoms with Gasteiger partial charge in [0, 0.05) is 22.5 Å². The summed E-state index contributed by atoms with van der Waals surface area (Å²) in [5.41, 5.74) is 5.44. The zero-order valence-electron chi connectivity index (χ0n) is 7.84. The van der Waals surface area contributed by atoms with Gasteiger partial charge in [-0.15, -0.1) is 0 Å². The Morgan fingerprint density at radius 1 is 1.60 bits per heavy atom. The summed E-state index contributed by atoms with van der Waals surface area (Å²) >= 11 is 5.88. The highest BCUT2D eigenvalue weighted by atomic mass is 35.5. The quantitative estimate of drug-likeness (QED) is 0.799. The summed E-state index contributed by atoms with van der Waals surface area (Å²) in [5.74, 6) is -0.382. The molecule has 0 spiro atoms. The van der Waals surface area contributed by atoms with Crippen molar-refractivity contribution in [2.75, 3.05) is 0 Å². The second kappa shape index (κ2) is 3.70. The zero-order valence-corrected chi connectivity index (χ0v) is 8.59.